The molecule has 0 spiro atoms. The fourth-order valence-electron chi connectivity index (χ4n) is 6.57. The monoisotopic (exact) mass is 692 g/mol. The number of hydrogen-bond acceptors (Lipinski definition) is 9. The molecule has 2 atom stereocenters. The van der Waals surface area contributed by atoms with Crippen molar-refractivity contribution in [1.29, 1.82) is 5.26 Å². The Bertz CT molecular complexity index is 1990. The summed E-state index contributed by atoms with van der Waals surface area (Å²) in [6.45, 7) is 5.73. The van der Waals surface area contributed by atoms with Crippen LogP contribution in [0.2, 0.25) is 0 Å². The molecule has 9 nitrogen and oxygen atoms in total. The van der Waals surface area contributed by atoms with Crippen LogP contribution in [0.15, 0.2) is 18.2 Å². The second-order valence-electron chi connectivity index (χ2n) is 12.8. The summed E-state index contributed by atoms with van der Waals surface area (Å²) in [5.74, 6) is -2.47. The zero-order chi connectivity index (χ0) is 34.8. The first-order chi connectivity index (χ1) is 22.5. The Morgan fingerprint density at radius 2 is 1.98 bits per heavy atom. The standard InChI is InChI=1S/C32H30F6N6O3S/c1-30(2,3)47-29(45)43-27-18(12-39)21-16(6-7-20(34)25(21)48-27)22-19(32(36,37)38)10-17-24(23(22)35)41-28(42-26(17)40-4)46-14-31-8-5-9-44(31)13-15(33)11-31/h6-7,10,15H,5,8-9,11,13-14H2,1-4H3,(H,43,45)(H,40,41,42)/t15-,31+/m1/s1. The highest BCUT2D eigenvalue weighted by Gasteiger charge is 2.49. The molecule has 4 heterocycles. The third-order valence-electron chi connectivity index (χ3n) is 8.47. The Morgan fingerprint density at radius 3 is 2.65 bits per heavy atom. The van der Waals surface area contributed by atoms with Crippen LogP contribution >= 0.6 is 11.3 Å². The molecule has 6 rings (SSSR count). The van der Waals surface area contributed by atoms with Crippen molar-refractivity contribution in [2.75, 3.05) is 37.4 Å². The number of alkyl halides is 4. The Labute approximate surface area is 274 Å². The molecule has 48 heavy (non-hydrogen) atoms. The summed E-state index contributed by atoms with van der Waals surface area (Å²) in [5, 5.41) is 14.3. The molecule has 4 aromatic rings. The molecule has 16 heteroatoms. The van der Waals surface area contributed by atoms with E-state index in [0.717, 1.165) is 18.6 Å². The third kappa shape index (κ3) is 5.94. The number of aromatic nitrogens is 2. The lowest BCUT2D eigenvalue weighted by atomic mass is 9.92. The summed E-state index contributed by atoms with van der Waals surface area (Å²) in [6.07, 6.45) is -5.40. The third-order valence-corrected chi connectivity index (χ3v) is 9.58. The number of benzene rings is 2. The van der Waals surface area contributed by atoms with Crippen LogP contribution in [0.3, 0.4) is 0 Å². The minimum atomic E-state index is -5.12. The number of nitriles is 1. The van der Waals surface area contributed by atoms with Gasteiger partial charge in [0.05, 0.1) is 21.4 Å². The lowest BCUT2D eigenvalue weighted by Gasteiger charge is -2.30. The average Bonchev–Trinajstić information content (AvgIpc) is 3.65. The normalized spacial score (nSPS) is 19.8. The van der Waals surface area contributed by atoms with Gasteiger partial charge in [0.25, 0.3) is 0 Å². The Balaban J connectivity index is 1.52. The van der Waals surface area contributed by atoms with Gasteiger partial charge in [0.2, 0.25) is 0 Å². The van der Waals surface area contributed by atoms with Gasteiger partial charge in [0, 0.05) is 36.3 Å². The number of nitrogens with one attached hydrogen (secondary N) is 2. The van der Waals surface area contributed by atoms with Gasteiger partial charge in [0.15, 0.2) is 5.82 Å². The van der Waals surface area contributed by atoms with Gasteiger partial charge in [-0.3, -0.25) is 10.2 Å². The van der Waals surface area contributed by atoms with Crippen molar-refractivity contribution in [3.8, 4) is 23.2 Å². The van der Waals surface area contributed by atoms with E-state index in [-0.39, 0.29) is 57.4 Å². The maximum Gasteiger partial charge on any atom is 0.417 e. The predicted molar refractivity (Wildman–Crippen MR) is 168 cm³/mol. The molecule has 254 valence electrons. The number of amides is 1. The van der Waals surface area contributed by atoms with E-state index in [1.807, 2.05) is 11.0 Å². The quantitative estimate of drug-likeness (QED) is 0.196. The minimum Gasteiger partial charge on any atom is -0.461 e. The smallest absolute Gasteiger partial charge is 0.417 e. The van der Waals surface area contributed by atoms with Crippen molar-refractivity contribution in [2.24, 2.45) is 0 Å². The van der Waals surface area contributed by atoms with Crippen LogP contribution in [0.5, 0.6) is 6.01 Å². The Morgan fingerprint density at radius 1 is 1.23 bits per heavy atom. The minimum absolute atomic E-state index is 0.0103. The maximum absolute atomic E-state index is 16.7. The van der Waals surface area contributed by atoms with Crippen LogP contribution in [0.4, 0.5) is 42.0 Å². The molecular formula is C32H30F6N6O3S. The maximum atomic E-state index is 16.7. The summed E-state index contributed by atoms with van der Waals surface area (Å²) < 4.78 is 101. The number of hydrogen-bond donors (Lipinski definition) is 2. The largest absolute Gasteiger partial charge is 0.461 e. The SMILES string of the molecule is CNc1nc(OC[C@@]23CCCN2C[C@H](F)C3)nc2c(F)c(-c3ccc(F)c4sc(NC(=O)OC(C)(C)C)c(C#N)c34)c(C(F)(F)F)cc12. The van der Waals surface area contributed by atoms with Crippen molar-refractivity contribution in [3.05, 3.63) is 41.0 Å². The highest BCUT2D eigenvalue weighted by atomic mass is 32.1. The molecule has 0 radical (unpaired) electrons. The molecule has 2 aromatic heterocycles. The van der Waals surface area contributed by atoms with Gasteiger partial charge in [-0.1, -0.05) is 6.07 Å². The highest BCUT2D eigenvalue weighted by Crippen LogP contribution is 2.48. The van der Waals surface area contributed by atoms with Gasteiger partial charge in [0.1, 0.15) is 46.6 Å². The number of carbonyl (C=O) groups is 1. The molecule has 0 saturated carbocycles. The number of halogens is 6. The number of fused-ring (bicyclic) bond motifs is 3. The first-order valence-corrected chi connectivity index (χ1v) is 15.8. The predicted octanol–water partition coefficient (Wildman–Crippen LogP) is 8.02. The number of nitrogens with zero attached hydrogens (tertiary/aromatic N) is 4. The van der Waals surface area contributed by atoms with E-state index in [1.165, 1.54) is 7.05 Å². The Kier molecular flexibility index (Phi) is 8.35. The molecule has 0 unspecified atom stereocenters. The van der Waals surface area contributed by atoms with Crippen molar-refractivity contribution in [3.63, 3.8) is 0 Å². The summed E-state index contributed by atoms with van der Waals surface area (Å²) >= 11 is 0.596. The van der Waals surface area contributed by atoms with E-state index in [2.05, 4.69) is 20.6 Å². The lowest BCUT2D eigenvalue weighted by molar-refractivity contribution is -0.137. The Hall–Kier alpha value is -4.36. The van der Waals surface area contributed by atoms with Crippen molar-refractivity contribution in [2.45, 2.75) is 63.5 Å². The van der Waals surface area contributed by atoms with Gasteiger partial charge >= 0.3 is 18.3 Å². The number of carbonyl (C=O) groups excluding carboxylic acids is 1. The first kappa shape index (κ1) is 33.5. The first-order valence-electron chi connectivity index (χ1n) is 15.0. The van der Waals surface area contributed by atoms with Crippen LogP contribution < -0.4 is 15.4 Å². The molecule has 2 aromatic carbocycles. The van der Waals surface area contributed by atoms with Gasteiger partial charge in [-0.05, 0) is 57.9 Å². The average molecular weight is 693 g/mol. The van der Waals surface area contributed by atoms with E-state index < -0.39 is 63.4 Å². The molecule has 0 aliphatic carbocycles. The fourth-order valence-corrected chi connectivity index (χ4v) is 7.63. The topological polar surface area (TPSA) is 112 Å². The van der Waals surface area contributed by atoms with E-state index in [9.17, 15) is 27.6 Å². The number of rotatable bonds is 6. The zero-order valence-corrected chi connectivity index (χ0v) is 27.1. The molecular weight excluding hydrogens is 662 g/mol. The molecule has 1 amide bonds. The van der Waals surface area contributed by atoms with Crippen LogP contribution in [-0.4, -0.2) is 65.0 Å². The van der Waals surface area contributed by atoms with Gasteiger partial charge in [-0.25, -0.2) is 18.0 Å². The summed E-state index contributed by atoms with van der Waals surface area (Å²) in [7, 11) is 1.39. The molecule has 2 fully saturated rings. The molecule has 2 saturated heterocycles. The van der Waals surface area contributed by atoms with E-state index in [4.69, 9.17) is 9.47 Å². The number of anilines is 2. The second-order valence-corrected chi connectivity index (χ2v) is 13.8. The molecule has 2 N–H and O–H groups in total. The summed E-state index contributed by atoms with van der Waals surface area (Å²) in [5.41, 5.74) is -5.29. The zero-order valence-electron chi connectivity index (χ0n) is 26.2. The number of ether oxygens (including phenoxy) is 2. The van der Waals surface area contributed by atoms with Gasteiger partial charge in [-0.15, -0.1) is 11.3 Å². The van der Waals surface area contributed by atoms with E-state index in [0.29, 0.717) is 30.4 Å². The van der Waals surface area contributed by atoms with Gasteiger partial charge < -0.3 is 14.8 Å². The molecule has 2 aliphatic rings. The van der Waals surface area contributed by atoms with Crippen molar-refractivity contribution < 1.29 is 40.6 Å². The van der Waals surface area contributed by atoms with Crippen molar-refractivity contribution >= 4 is 49.2 Å². The summed E-state index contributed by atoms with van der Waals surface area (Å²) in [6, 6.07) is 3.96. The lowest BCUT2D eigenvalue weighted by Crippen LogP contribution is -2.43. The van der Waals surface area contributed by atoms with Crippen LogP contribution in [0.25, 0.3) is 32.1 Å². The van der Waals surface area contributed by atoms with E-state index >= 15 is 8.78 Å². The van der Waals surface area contributed by atoms with E-state index in [1.54, 1.807) is 20.8 Å². The second kappa shape index (κ2) is 12.0. The van der Waals surface area contributed by atoms with Crippen LogP contribution in [0, 0.1) is 23.0 Å². The van der Waals surface area contributed by atoms with Gasteiger partial charge in [-0.2, -0.15) is 28.4 Å². The van der Waals surface area contributed by atoms with Crippen LogP contribution in [0.1, 0.15) is 51.2 Å². The number of thiophene rings is 1. The highest BCUT2D eigenvalue weighted by molar-refractivity contribution is 7.23. The van der Waals surface area contributed by atoms with Crippen molar-refractivity contribution in [1.82, 2.24) is 14.9 Å². The molecule has 0 bridgehead atoms. The summed E-state index contributed by atoms with van der Waals surface area (Å²) in [4.78, 5) is 22.9. The van der Waals surface area contributed by atoms with Crippen LogP contribution in [-0.2, 0) is 10.9 Å². The molecule has 2 aliphatic heterocycles. The fraction of sp³-hybridized carbons (Fsp3) is 0.438.